The average Bonchev–Trinajstić information content (AvgIpc) is 2.41. The predicted octanol–water partition coefficient (Wildman–Crippen LogP) is 5.27. The second-order valence-corrected chi connectivity index (χ2v) is 7.00. The van der Waals surface area contributed by atoms with Crippen LogP contribution >= 0.6 is 27.5 Å². The first-order valence-corrected chi connectivity index (χ1v) is 8.36. The van der Waals surface area contributed by atoms with E-state index in [0.717, 1.165) is 16.6 Å². The van der Waals surface area contributed by atoms with Crippen molar-refractivity contribution in [3.63, 3.8) is 0 Å². The third-order valence-electron chi connectivity index (χ3n) is 3.29. The molecule has 0 aliphatic rings. The minimum Gasteiger partial charge on any atom is -0.464 e. The molecule has 1 aromatic carbocycles. The quantitative estimate of drug-likeness (QED) is 0.659. The number of halogens is 2. The van der Waals surface area contributed by atoms with Crippen molar-refractivity contribution >= 4 is 39.2 Å². The van der Waals surface area contributed by atoms with E-state index in [2.05, 4.69) is 35.1 Å². The van der Waals surface area contributed by atoms with Crippen LogP contribution in [0.5, 0.6) is 0 Å². The first kappa shape index (κ1) is 18.3. The number of rotatable bonds is 7. The van der Waals surface area contributed by atoms with Crippen molar-refractivity contribution in [3.8, 4) is 0 Å². The number of hydrogen-bond donors (Lipinski definition) is 1. The van der Waals surface area contributed by atoms with E-state index in [0.29, 0.717) is 24.0 Å². The highest BCUT2D eigenvalue weighted by Crippen LogP contribution is 2.29. The van der Waals surface area contributed by atoms with Gasteiger partial charge >= 0.3 is 5.97 Å². The number of anilines is 1. The molecule has 1 atom stereocenters. The molecule has 0 spiro atoms. The summed E-state index contributed by atoms with van der Waals surface area (Å²) in [7, 11) is 0. The van der Waals surface area contributed by atoms with E-state index < -0.39 is 5.54 Å². The molecular formula is C16H23BrClNO2. The lowest BCUT2D eigenvalue weighted by atomic mass is 9.91. The van der Waals surface area contributed by atoms with Gasteiger partial charge in [-0.2, -0.15) is 0 Å². The Balaban J connectivity index is 2.94. The molecule has 0 radical (unpaired) electrons. The Morgan fingerprint density at radius 2 is 2.14 bits per heavy atom. The van der Waals surface area contributed by atoms with Crippen molar-refractivity contribution in [2.45, 2.75) is 46.1 Å². The molecule has 0 aliphatic carbocycles. The number of benzene rings is 1. The summed E-state index contributed by atoms with van der Waals surface area (Å²) in [5.41, 5.74) is 0.0960. The van der Waals surface area contributed by atoms with Gasteiger partial charge in [-0.25, -0.2) is 4.79 Å². The number of carbonyl (C=O) groups excluding carboxylic acids is 1. The highest BCUT2D eigenvalue weighted by atomic mass is 79.9. The van der Waals surface area contributed by atoms with Gasteiger partial charge in [-0.3, -0.25) is 0 Å². The second-order valence-electron chi connectivity index (χ2n) is 5.74. The summed E-state index contributed by atoms with van der Waals surface area (Å²) in [6, 6.07) is 5.52. The summed E-state index contributed by atoms with van der Waals surface area (Å²) in [4.78, 5) is 12.3. The lowest BCUT2D eigenvalue weighted by Crippen LogP contribution is -2.45. The fourth-order valence-corrected chi connectivity index (χ4v) is 2.47. The Labute approximate surface area is 140 Å². The predicted molar refractivity (Wildman–Crippen MR) is 91.9 cm³/mol. The van der Waals surface area contributed by atoms with Gasteiger partial charge in [0, 0.05) is 10.2 Å². The highest BCUT2D eigenvalue weighted by Gasteiger charge is 2.34. The number of carbonyl (C=O) groups is 1. The average molecular weight is 377 g/mol. The van der Waals surface area contributed by atoms with Crippen LogP contribution in [0.15, 0.2) is 22.7 Å². The fourth-order valence-electron chi connectivity index (χ4n) is 1.98. The topological polar surface area (TPSA) is 38.3 Å². The van der Waals surface area contributed by atoms with Crippen LogP contribution in [-0.2, 0) is 9.53 Å². The van der Waals surface area contributed by atoms with Gasteiger partial charge in [0.05, 0.1) is 11.6 Å². The summed E-state index contributed by atoms with van der Waals surface area (Å²) in [5.74, 6) is 0.300. The number of ether oxygens (including phenoxy) is 1. The number of nitrogens with one attached hydrogen (secondary N) is 1. The number of esters is 1. The van der Waals surface area contributed by atoms with Crippen molar-refractivity contribution in [3.05, 3.63) is 27.7 Å². The smallest absolute Gasteiger partial charge is 0.331 e. The summed E-state index contributed by atoms with van der Waals surface area (Å²) < 4.78 is 6.02. The molecule has 0 heterocycles. The Kier molecular flexibility index (Phi) is 7.01. The van der Waals surface area contributed by atoms with Crippen LogP contribution in [0, 0.1) is 5.92 Å². The largest absolute Gasteiger partial charge is 0.464 e. The Morgan fingerprint density at radius 3 is 2.67 bits per heavy atom. The summed E-state index contributed by atoms with van der Waals surface area (Å²) in [6.45, 7) is 8.37. The first-order chi connectivity index (χ1) is 9.78. The Bertz CT molecular complexity index is 493. The minimum atomic E-state index is -0.743. The molecular weight excluding hydrogens is 354 g/mol. The van der Waals surface area contributed by atoms with Crippen LogP contribution in [0.3, 0.4) is 0 Å². The number of hydrogen-bond acceptors (Lipinski definition) is 3. The standard InChI is InChI=1S/C16H23BrClNO2/c1-5-21-15(20)16(4,9-8-11(2)3)19-12-6-7-14(18)13(17)10-12/h6-7,10-11,19H,5,8-9H2,1-4H3. The van der Waals surface area contributed by atoms with E-state index in [-0.39, 0.29) is 5.97 Å². The van der Waals surface area contributed by atoms with Gasteiger partial charge in [0.2, 0.25) is 0 Å². The van der Waals surface area contributed by atoms with Crippen molar-refractivity contribution in [1.29, 1.82) is 0 Å². The maximum atomic E-state index is 12.3. The van der Waals surface area contributed by atoms with Crippen LogP contribution in [0.25, 0.3) is 0 Å². The summed E-state index contributed by atoms with van der Waals surface area (Å²) in [6.07, 6.45) is 1.65. The van der Waals surface area contributed by atoms with Gasteiger partial charge in [-0.05, 0) is 66.7 Å². The van der Waals surface area contributed by atoms with Crippen LogP contribution in [0.1, 0.15) is 40.5 Å². The van der Waals surface area contributed by atoms with E-state index in [1.165, 1.54) is 0 Å². The molecule has 118 valence electrons. The van der Waals surface area contributed by atoms with Gasteiger partial charge < -0.3 is 10.1 Å². The molecule has 0 fully saturated rings. The Hall–Kier alpha value is -0.740. The fraction of sp³-hybridized carbons (Fsp3) is 0.562. The molecule has 0 saturated carbocycles. The molecule has 0 aromatic heterocycles. The van der Waals surface area contributed by atoms with E-state index in [1.807, 2.05) is 26.0 Å². The molecule has 1 N–H and O–H groups in total. The normalized spacial score (nSPS) is 13.9. The maximum absolute atomic E-state index is 12.3. The Morgan fingerprint density at radius 1 is 1.48 bits per heavy atom. The summed E-state index contributed by atoms with van der Waals surface area (Å²) in [5, 5.41) is 3.94. The zero-order valence-corrected chi connectivity index (χ0v) is 15.3. The maximum Gasteiger partial charge on any atom is 0.331 e. The highest BCUT2D eigenvalue weighted by molar-refractivity contribution is 9.10. The molecule has 3 nitrogen and oxygen atoms in total. The van der Waals surface area contributed by atoms with Gasteiger partial charge in [0.15, 0.2) is 0 Å². The van der Waals surface area contributed by atoms with Gasteiger partial charge in [0.25, 0.3) is 0 Å². The molecule has 0 saturated heterocycles. The van der Waals surface area contributed by atoms with Crippen LogP contribution in [0.2, 0.25) is 5.02 Å². The van der Waals surface area contributed by atoms with Crippen molar-refractivity contribution in [1.82, 2.24) is 0 Å². The lowest BCUT2D eigenvalue weighted by Gasteiger charge is -2.30. The zero-order chi connectivity index (χ0) is 16.0. The monoisotopic (exact) mass is 375 g/mol. The third kappa shape index (κ3) is 5.51. The van der Waals surface area contributed by atoms with Crippen LogP contribution in [0.4, 0.5) is 5.69 Å². The van der Waals surface area contributed by atoms with E-state index in [4.69, 9.17) is 16.3 Å². The van der Waals surface area contributed by atoms with Crippen molar-refractivity contribution in [2.24, 2.45) is 5.92 Å². The van der Waals surface area contributed by atoms with Crippen LogP contribution < -0.4 is 5.32 Å². The molecule has 0 amide bonds. The van der Waals surface area contributed by atoms with E-state index in [9.17, 15) is 4.79 Å². The summed E-state index contributed by atoms with van der Waals surface area (Å²) >= 11 is 9.40. The SMILES string of the molecule is CCOC(=O)C(C)(CCC(C)C)Nc1ccc(Cl)c(Br)c1. The zero-order valence-electron chi connectivity index (χ0n) is 13.0. The molecule has 0 aliphatic heterocycles. The van der Waals surface area contributed by atoms with Gasteiger partial charge in [0.1, 0.15) is 5.54 Å². The lowest BCUT2D eigenvalue weighted by molar-refractivity contribution is -0.148. The van der Waals surface area contributed by atoms with Crippen molar-refractivity contribution in [2.75, 3.05) is 11.9 Å². The molecule has 1 aromatic rings. The third-order valence-corrected chi connectivity index (χ3v) is 4.50. The molecule has 1 unspecified atom stereocenters. The van der Waals surface area contributed by atoms with Crippen LogP contribution in [-0.4, -0.2) is 18.1 Å². The van der Waals surface area contributed by atoms with E-state index >= 15 is 0 Å². The van der Waals surface area contributed by atoms with Gasteiger partial charge in [-0.1, -0.05) is 25.4 Å². The first-order valence-electron chi connectivity index (χ1n) is 7.19. The van der Waals surface area contributed by atoms with Crippen molar-refractivity contribution < 1.29 is 9.53 Å². The molecule has 1 rings (SSSR count). The molecule has 5 heteroatoms. The molecule has 0 bridgehead atoms. The second kappa shape index (κ2) is 8.04. The molecule has 21 heavy (non-hydrogen) atoms. The van der Waals surface area contributed by atoms with E-state index in [1.54, 1.807) is 6.07 Å². The van der Waals surface area contributed by atoms with Gasteiger partial charge in [-0.15, -0.1) is 0 Å². The minimum absolute atomic E-state index is 0.225.